The molecule has 7 nitrogen and oxygen atoms in total. The summed E-state index contributed by atoms with van der Waals surface area (Å²) in [5, 5.41) is 13.8. The van der Waals surface area contributed by atoms with E-state index < -0.39 is 11.7 Å². The fourth-order valence-corrected chi connectivity index (χ4v) is 1.80. The third kappa shape index (κ3) is 5.08. The van der Waals surface area contributed by atoms with E-state index in [2.05, 4.69) is 20.9 Å². The van der Waals surface area contributed by atoms with Crippen LogP contribution in [0.3, 0.4) is 0 Å². The normalized spacial score (nSPS) is 11.1. The van der Waals surface area contributed by atoms with Gasteiger partial charge < -0.3 is 10.1 Å². The van der Waals surface area contributed by atoms with Gasteiger partial charge in [-0.2, -0.15) is 0 Å². The van der Waals surface area contributed by atoms with Crippen LogP contribution in [0.1, 0.15) is 26.5 Å². The second kappa shape index (κ2) is 6.46. The summed E-state index contributed by atoms with van der Waals surface area (Å²) in [6, 6.07) is 7.40. The number of ether oxygens (including phenoxy) is 1. The van der Waals surface area contributed by atoms with Gasteiger partial charge in [0.05, 0.1) is 6.54 Å². The van der Waals surface area contributed by atoms with Gasteiger partial charge in [0.2, 0.25) is 0 Å². The fourth-order valence-electron chi connectivity index (χ4n) is 1.80. The molecule has 2 rings (SSSR count). The van der Waals surface area contributed by atoms with E-state index in [-0.39, 0.29) is 0 Å². The standard InChI is InChI=1S/C15H21N5O2/c1-15(2,3)22-14(21)17-12-7-5-6-11(8-12)16-9-13-10-20(4)19-18-13/h5-8,10,16H,9H2,1-4H3,(H,17,21). The molecule has 0 fully saturated rings. The lowest BCUT2D eigenvalue weighted by molar-refractivity contribution is 0.0636. The molecule has 1 amide bonds. The average molecular weight is 303 g/mol. The third-order valence-electron chi connectivity index (χ3n) is 2.63. The molecular weight excluding hydrogens is 282 g/mol. The minimum Gasteiger partial charge on any atom is -0.444 e. The van der Waals surface area contributed by atoms with Crippen LogP contribution in [0.5, 0.6) is 0 Å². The number of anilines is 2. The number of aryl methyl sites for hydroxylation is 1. The summed E-state index contributed by atoms with van der Waals surface area (Å²) < 4.78 is 6.87. The van der Waals surface area contributed by atoms with E-state index in [1.54, 1.807) is 10.7 Å². The molecule has 1 heterocycles. The molecule has 118 valence electrons. The molecule has 0 spiro atoms. The summed E-state index contributed by atoms with van der Waals surface area (Å²) in [5.41, 5.74) is 1.86. The zero-order valence-corrected chi connectivity index (χ0v) is 13.3. The van der Waals surface area contributed by atoms with E-state index in [0.29, 0.717) is 12.2 Å². The van der Waals surface area contributed by atoms with Gasteiger partial charge in [0.25, 0.3) is 0 Å². The zero-order valence-electron chi connectivity index (χ0n) is 13.3. The Morgan fingerprint density at radius 1 is 1.32 bits per heavy atom. The molecule has 0 saturated heterocycles. The second-order valence-corrected chi connectivity index (χ2v) is 5.94. The van der Waals surface area contributed by atoms with Gasteiger partial charge in [0, 0.05) is 24.6 Å². The van der Waals surface area contributed by atoms with E-state index in [4.69, 9.17) is 4.74 Å². The maximum atomic E-state index is 11.7. The second-order valence-electron chi connectivity index (χ2n) is 5.94. The van der Waals surface area contributed by atoms with Gasteiger partial charge in [-0.1, -0.05) is 11.3 Å². The van der Waals surface area contributed by atoms with Gasteiger partial charge in [-0.3, -0.25) is 10.00 Å². The monoisotopic (exact) mass is 303 g/mol. The maximum Gasteiger partial charge on any atom is 0.412 e. The number of carbonyl (C=O) groups is 1. The summed E-state index contributed by atoms with van der Waals surface area (Å²) >= 11 is 0. The van der Waals surface area contributed by atoms with Crippen molar-refractivity contribution in [2.45, 2.75) is 32.9 Å². The Bertz CT molecular complexity index is 645. The first kappa shape index (κ1) is 15.8. The summed E-state index contributed by atoms with van der Waals surface area (Å²) in [7, 11) is 1.82. The Morgan fingerprint density at radius 3 is 2.68 bits per heavy atom. The summed E-state index contributed by atoms with van der Waals surface area (Å²) in [4.78, 5) is 11.7. The van der Waals surface area contributed by atoms with Crippen LogP contribution in [0, 0.1) is 0 Å². The molecule has 0 aliphatic rings. The van der Waals surface area contributed by atoms with Gasteiger partial charge in [-0.25, -0.2) is 4.79 Å². The molecular formula is C15H21N5O2. The Kier molecular flexibility index (Phi) is 4.65. The SMILES string of the molecule is Cn1cc(CNc2cccc(NC(=O)OC(C)(C)C)c2)nn1. The van der Waals surface area contributed by atoms with Crippen molar-refractivity contribution in [3.05, 3.63) is 36.2 Å². The van der Waals surface area contributed by atoms with Crippen molar-refractivity contribution in [2.24, 2.45) is 7.05 Å². The number of aromatic nitrogens is 3. The lowest BCUT2D eigenvalue weighted by atomic mass is 10.2. The molecule has 0 radical (unpaired) electrons. The molecule has 0 saturated carbocycles. The predicted molar refractivity (Wildman–Crippen MR) is 84.6 cm³/mol. The smallest absolute Gasteiger partial charge is 0.412 e. The van der Waals surface area contributed by atoms with Gasteiger partial charge in [0.15, 0.2) is 0 Å². The molecule has 2 N–H and O–H groups in total. The number of hydrogen-bond donors (Lipinski definition) is 2. The fraction of sp³-hybridized carbons (Fsp3) is 0.400. The quantitative estimate of drug-likeness (QED) is 0.907. The summed E-state index contributed by atoms with van der Waals surface area (Å²) in [6.07, 6.45) is 1.37. The van der Waals surface area contributed by atoms with E-state index in [1.165, 1.54) is 0 Å². The van der Waals surface area contributed by atoms with Gasteiger partial charge in [-0.15, -0.1) is 5.10 Å². The molecule has 7 heteroatoms. The van der Waals surface area contributed by atoms with Crippen molar-refractivity contribution in [2.75, 3.05) is 10.6 Å². The minimum absolute atomic E-state index is 0.474. The van der Waals surface area contributed by atoms with Crippen LogP contribution in [-0.4, -0.2) is 26.7 Å². The number of carbonyl (C=O) groups excluding carboxylic acids is 1. The number of nitrogens with one attached hydrogen (secondary N) is 2. The minimum atomic E-state index is -0.522. The van der Waals surface area contributed by atoms with Crippen molar-refractivity contribution < 1.29 is 9.53 Å². The van der Waals surface area contributed by atoms with Crippen molar-refractivity contribution in [1.82, 2.24) is 15.0 Å². The number of benzene rings is 1. The third-order valence-corrected chi connectivity index (χ3v) is 2.63. The average Bonchev–Trinajstić information content (AvgIpc) is 2.80. The Hall–Kier alpha value is -2.57. The largest absolute Gasteiger partial charge is 0.444 e. The predicted octanol–water partition coefficient (Wildman–Crippen LogP) is 2.77. The lowest BCUT2D eigenvalue weighted by Crippen LogP contribution is -2.27. The molecule has 2 aromatic rings. The lowest BCUT2D eigenvalue weighted by Gasteiger charge is -2.19. The zero-order chi connectivity index (χ0) is 16.2. The van der Waals surface area contributed by atoms with Crippen LogP contribution in [0.4, 0.5) is 16.2 Å². The molecule has 1 aromatic carbocycles. The topological polar surface area (TPSA) is 81.1 Å². The number of hydrogen-bond acceptors (Lipinski definition) is 5. The first-order valence-electron chi connectivity index (χ1n) is 7.01. The highest BCUT2D eigenvalue weighted by Crippen LogP contribution is 2.17. The number of amides is 1. The molecule has 0 bridgehead atoms. The van der Waals surface area contributed by atoms with Crippen LogP contribution in [0.25, 0.3) is 0 Å². The van der Waals surface area contributed by atoms with E-state index >= 15 is 0 Å². The molecule has 0 unspecified atom stereocenters. The molecule has 0 aliphatic heterocycles. The van der Waals surface area contributed by atoms with Crippen molar-refractivity contribution in [3.63, 3.8) is 0 Å². The summed E-state index contributed by atoms with van der Waals surface area (Å²) in [6.45, 7) is 6.03. The number of nitrogens with zero attached hydrogens (tertiary/aromatic N) is 3. The van der Waals surface area contributed by atoms with Crippen molar-refractivity contribution in [3.8, 4) is 0 Å². The van der Waals surface area contributed by atoms with Crippen molar-refractivity contribution in [1.29, 1.82) is 0 Å². The van der Waals surface area contributed by atoms with E-state index in [1.807, 2.05) is 52.2 Å². The first-order chi connectivity index (χ1) is 10.3. The van der Waals surface area contributed by atoms with Crippen LogP contribution in [0.15, 0.2) is 30.5 Å². The molecule has 0 aliphatic carbocycles. The van der Waals surface area contributed by atoms with Gasteiger partial charge >= 0.3 is 6.09 Å². The van der Waals surface area contributed by atoms with Gasteiger partial charge in [-0.05, 0) is 39.0 Å². The number of rotatable bonds is 4. The molecule has 0 atom stereocenters. The van der Waals surface area contributed by atoms with Gasteiger partial charge in [0.1, 0.15) is 11.3 Å². The Labute approximate surface area is 129 Å². The van der Waals surface area contributed by atoms with Crippen LogP contribution in [-0.2, 0) is 18.3 Å². The van der Waals surface area contributed by atoms with Crippen LogP contribution >= 0.6 is 0 Å². The van der Waals surface area contributed by atoms with E-state index in [9.17, 15) is 4.79 Å². The van der Waals surface area contributed by atoms with Crippen molar-refractivity contribution >= 4 is 17.5 Å². The highest BCUT2D eigenvalue weighted by atomic mass is 16.6. The Balaban J connectivity index is 1.93. The van der Waals surface area contributed by atoms with E-state index in [0.717, 1.165) is 11.4 Å². The van der Waals surface area contributed by atoms with Crippen LogP contribution < -0.4 is 10.6 Å². The molecule has 1 aromatic heterocycles. The highest BCUT2D eigenvalue weighted by Gasteiger charge is 2.16. The Morgan fingerprint density at radius 2 is 2.05 bits per heavy atom. The van der Waals surface area contributed by atoms with Crippen LogP contribution in [0.2, 0.25) is 0 Å². The summed E-state index contributed by atoms with van der Waals surface area (Å²) in [5.74, 6) is 0. The first-order valence-corrected chi connectivity index (χ1v) is 7.01. The molecule has 22 heavy (non-hydrogen) atoms. The maximum absolute atomic E-state index is 11.7. The highest BCUT2D eigenvalue weighted by molar-refractivity contribution is 5.85.